The van der Waals surface area contributed by atoms with Crippen molar-refractivity contribution >= 4 is 0 Å². The molecule has 0 saturated heterocycles. The van der Waals surface area contributed by atoms with Gasteiger partial charge in [0.05, 0.1) is 11.9 Å². The highest BCUT2D eigenvalue weighted by atomic mass is 16.3. The van der Waals surface area contributed by atoms with Gasteiger partial charge in [-0.15, -0.1) is 0 Å². The molecule has 0 heterocycles. The molecule has 4 N–H and O–H groups in total. The van der Waals surface area contributed by atoms with Gasteiger partial charge in [0.2, 0.25) is 0 Å². The number of benzene rings is 1. The molecule has 0 spiro atoms. The van der Waals surface area contributed by atoms with Crippen LogP contribution in [0.15, 0.2) is 75.3 Å². The highest BCUT2D eigenvalue weighted by Gasteiger charge is 2.44. The van der Waals surface area contributed by atoms with Crippen molar-refractivity contribution in [2.24, 2.45) is 53.3 Å². The van der Waals surface area contributed by atoms with E-state index >= 15 is 0 Å². The van der Waals surface area contributed by atoms with Gasteiger partial charge in [-0.05, 0) is 180 Å². The highest BCUT2D eigenvalue weighted by molar-refractivity contribution is 5.52. The molecule has 0 aromatic heterocycles. The summed E-state index contributed by atoms with van der Waals surface area (Å²) < 4.78 is 0. The van der Waals surface area contributed by atoms with Crippen LogP contribution in [0.5, 0.6) is 5.75 Å². The van der Waals surface area contributed by atoms with Gasteiger partial charge >= 0.3 is 0 Å². The van der Waals surface area contributed by atoms with Crippen LogP contribution >= 0.6 is 0 Å². The molecule has 0 amide bonds. The van der Waals surface area contributed by atoms with Gasteiger partial charge in [-0.3, -0.25) is 0 Å². The molecule has 4 heteroatoms. The zero-order valence-electron chi connectivity index (χ0n) is 35.2. The quantitative estimate of drug-likeness (QED) is 0.116. The second kappa shape index (κ2) is 16.4. The van der Waals surface area contributed by atoms with Gasteiger partial charge in [-0.25, -0.2) is 0 Å². The number of hydrogen-bond donors (Lipinski definition) is 4. The number of fused-ring (bicyclic) bond motifs is 1. The Morgan fingerprint density at radius 3 is 2.25 bits per heavy atom. The Morgan fingerprint density at radius 1 is 0.906 bits per heavy atom. The van der Waals surface area contributed by atoms with Crippen LogP contribution in [-0.2, 0) is 0 Å². The van der Waals surface area contributed by atoms with Crippen molar-refractivity contribution in [1.82, 2.24) is 0 Å². The highest BCUT2D eigenvalue weighted by Crippen LogP contribution is 2.55. The van der Waals surface area contributed by atoms with E-state index in [4.69, 9.17) is 6.58 Å². The summed E-state index contributed by atoms with van der Waals surface area (Å²) in [5.41, 5.74) is 12.9. The first kappa shape index (κ1) is 41.2. The van der Waals surface area contributed by atoms with E-state index in [2.05, 4.69) is 80.5 Å². The Bertz CT molecular complexity index is 1730. The first-order valence-electron chi connectivity index (χ1n) is 20.9. The number of phenols is 1. The molecule has 53 heavy (non-hydrogen) atoms. The third kappa shape index (κ3) is 7.91. The summed E-state index contributed by atoms with van der Waals surface area (Å²) in [5.74, 6) is 4.51. The second-order valence-electron chi connectivity index (χ2n) is 18.4. The molecule has 1 saturated carbocycles. The van der Waals surface area contributed by atoms with Crippen molar-refractivity contribution in [3.8, 4) is 5.75 Å². The summed E-state index contributed by atoms with van der Waals surface area (Å²) in [5, 5.41) is 44.2. The van der Waals surface area contributed by atoms with E-state index in [0.717, 1.165) is 78.4 Å². The van der Waals surface area contributed by atoms with Crippen LogP contribution < -0.4 is 0 Å². The van der Waals surface area contributed by atoms with Crippen molar-refractivity contribution in [1.29, 1.82) is 0 Å². The van der Waals surface area contributed by atoms with E-state index in [9.17, 15) is 20.4 Å². The number of aliphatic hydroxyl groups is 3. The maximum absolute atomic E-state index is 11.1. The summed E-state index contributed by atoms with van der Waals surface area (Å²) in [6.45, 7) is 30.4. The smallest absolute Gasteiger partial charge is 0.121 e. The summed E-state index contributed by atoms with van der Waals surface area (Å²) in [6, 6.07) is 2.26. The lowest BCUT2D eigenvalue weighted by atomic mass is 9.58. The van der Waals surface area contributed by atoms with Crippen molar-refractivity contribution in [2.75, 3.05) is 0 Å². The van der Waals surface area contributed by atoms with Crippen LogP contribution in [0.25, 0.3) is 0 Å². The molecular formula is C49H72O4. The molecule has 0 radical (unpaired) electrons. The molecule has 4 nitrogen and oxygen atoms in total. The minimum Gasteiger partial charge on any atom is -0.512 e. The lowest BCUT2D eigenvalue weighted by Crippen LogP contribution is -2.37. The normalized spacial score (nSPS) is 32.9. The largest absolute Gasteiger partial charge is 0.512 e. The van der Waals surface area contributed by atoms with Crippen LogP contribution in [0.3, 0.4) is 0 Å². The molecule has 4 aliphatic rings. The van der Waals surface area contributed by atoms with Gasteiger partial charge in [-0.1, -0.05) is 76.1 Å². The monoisotopic (exact) mass is 725 g/mol. The number of phenolic OH excluding ortho intramolecular Hbond substituents is 1. The van der Waals surface area contributed by atoms with E-state index in [1.165, 1.54) is 28.7 Å². The predicted molar refractivity (Wildman–Crippen MR) is 222 cm³/mol. The van der Waals surface area contributed by atoms with Gasteiger partial charge in [0.1, 0.15) is 11.5 Å². The molecule has 1 aromatic rings. The first-order valence-corrected chi connectivity index (χ1v) is 20.9. The van der Waals surface area contributed by atoms with Gasteiger partial charge < -0.3 is 20.4 Å². The van der Waals surface area contributed by atoms with Gasteiger partial charge in [-0.2, -0.15) is 0 Å². The Labute approximate surface area is 322 Å². The predicted octanol–water partition coefficient (Wildman–Crippen LogP) is 13.0. The third-order valence-electron chi connectivity index (χ3n) is 15.2. The molecule has 4 aliphatic carbocycles. The zero-order chi connectivity index (χ0) is 39.2. The minimum absolute atomic E-state index is 0.114. The van der Waals surface area contributed by atoms with Crippen molar-refractivity contribution in [3.05, 3.63) is 97.6 Å². The fourth-order valence-corrected chi connectivity index (χ4v) is 11.2. The van der Waals surface area contributed by atoms with E-state index in [1.54, 1.807) is 5.57 Å². The average Bonchev–Trinajstić information content (AvgIpc) is 3.14. The number of rotatable bonds is 9. The number of aryl methyl sites for hydroxylation is 1. The summed E-state index contributed by atoms with van der Waals surface area (Å²) in [7, 11) is 0. The molecule has 1 aromatic carbocycles. The van der Waals surface area contributed by atoms with Crippen molar-refractivity contribution in [3.63, 3.8) is 0 Å². The minimum atomic E-state index is -0.330. The van der Waals surface area contributed by atoms with Crippen LogP contribution in [0.1, 0.15) is 142 Å². The van der Waals surface area contributed by atoms with Gasteiger partial charge in [0, 0.05) is 23.7 Å². The van der Waals surface area contributed by atoms with Crippen molar-refractivity contribution in [2.45, 2.75) is 146 Å². The first-order chi connectivity index (χ1) is 24.9. The summed E-state index contributed by atoms with van der Waals surface area (Å²) in [4.78, 5) is 0. The second-order valence-corrected chi connectivity index (χ2v) is 18.4. The SMILES string of the molecule is C=C(/C=C(C)\C(O)=C(\C)CC)C(C1=C(C)C(C)C(O)[C@H](C)C1)[C@H]1CCC2CC=C(C(c3cc(C)c(O)c(C)c3C)C3C[C@@H](C)C(O)=C(C)[C@H]3C)C[C@H]2C1. The topological polar surface area (TPSA) is 80.9 Å². The number of allylic oxidation sites excluding steroid dienone is 9. The molecule has 5 rings (SSSR count). The Morgan fingerprint density at radius 2 is 1.58 bits per heavy atom. The van der Waals surface area contributed by atoms with Gasteiger partial charge in [0.25, 0.3) is 0 Å². The van der Waals surface area contributed by atoms with Crippen LogP contribution in [0.4, 0.5) is 0 Å². The van der Waals surface area contributed by atoms with Crippen LogP contribution in [0, 0.1) is 74.0 Å². The van der Waals surface area contributed by atoms with Crippen LogP contribution in [-0.4, -0.2) is 26.5 Å². The molecule has 0 bridgehead atoms. The molecule has 11 atom stereocenters. The molecule has 0 aliphatic heterocycles. The van der Waals surface area contributed by atoms with E-state index < -0.39 is 0 Å². The summed E-state index contributed by atoms with van der Waals surface area (Å²) in [6.07, 6.45) is 12.8. The lowest BCUT2D eigenvalue weighted by Gasteiger charge is -2.47. The van der Waals surface area contributed by atoms with Crippen LogP contribution in [0.2, 0.25) is 0 Å². The Kier molecular flexibility index (Phi) is 12.7. The molecule has 1 fully saturated rings. The van der Waals surface area contributed by atoms with E-state index in [-0.39, 0.29) is 41.6 Å². The van der Waals surface area contributed by atoms with E-state index in [1.807, 2.05) is 20.8 Å². The maximum Gasteiger partial charge on any atom is 0.121 e. The zero-order valence-corrected chi connectivity index (χ0v) is 35.2. The van der Waals surface area contributed by atoms with Gasteiger partial charge in [0.15, 0.2) is 0 Å². The molecule has 292 valence electrons. The fourth-order valence-electron chi connectivity index (χ4n) is 11.2. The number of hydrogen-bond acceptors (Lipinski definition) is 4. The van der Waals surface area contributed by atoms with E-state index in [0.29, 0.717) is 40.9 Å². The average molecular weight is 725 g/mol. The third-order valence-corrected chi connectivity index (χ3v) is 15.2. The van der Waals surface area contributed by atoms with Crippen molar-refractivity contribution < 1.29 is 20.4 Å². The Balaban J connectivity index is 1.55. The fraction of sp³-hybridized carbons (Fsp3) is 0.633. The standard InChI is InChI=1S/C49H72O4/c1-14-25(2)46(50)27(4)19-26(3)44(41-20-28(5)47(51)34(11)31(41)8)38-17-15-37-16-18-39(24-40(37)23-38)45(42-21-29(6)48(52)35(12)32(42)9)43-22-30(7)49(53)36(13)33(43)10/h18-19,21,28,30,33-34,37-38,40,43-45,47,50-53H,3,14-17,20,22-24H2,1-2,4-13H3/b27-19-,46-25+/t28-,30-,33-,34?,37?,38+,40-,43?,44?,45?,47?/m1/s1. The molecular weight excluding hydrogens is 653 g/mol. The Hall–Kier alpha value is -2.98. The summed E-state index contributed by atoms with van der Waals surface area (Å²) >= 11 is 0. The maximum atomic E-state index is 11.1. The number of aromatic hydroxyl groups is 1. The molecule has 6 unspecified atom stereocenters. The number of aliphatic hydroxyl groups excluding tert-OH is 3. The lowest BCUT2D eigenvalue weighted by molar-refractivity contribution is 0.0646.